The van der Waals surface area contributed by atoms with Gasteiger partial charge in [-0.3, -0.25) is 9.58 Å². The molecule has 1 fully saturated rings. The topological polar surface area (TPSA) is 63.2 Å². The molecule has 2 aromatic heterocycles. The van der Waals surface area contributed by atoms with E-state index in [1.165, 1.54) is 18.4 Å². The Hall–Kier alpha value is -1.73. The lowest BCUT2D eigenvalue weighted by Gasteiger charge is -2.40. The van der Waals surface area contributed by atoms with Gasteiger partial charge in [-0.1, -0.05) is 5.16 Å². The first-order valence-electron chi connectivity index (χ1n) is 9.19. The van der Waals surface area contributed by atoms with Gasteiger partial charge in [-0.25, -0.2) is 0 Å². The second-order valence-electron chi connectivity index (χ2n) is 7.38. The van der Waals surface area contributed by atoms with Crippen LogP contribution in [0.1, 0.15) is 42.6 Å². The summed E-state index contributed by atoms with van der Waals surface area (Å²) in [5.41, 5.74) is 1.34. The highest BCUT2D eigenvalue weighted by atomic mass is 16.5. The molecular formula is C18H30N6O. The van der Waals surface area contributed by atoms with E-state index < -0.39 is 0 Å². The van der Waals surface area contributed by atoms with Gasteiger partial charge in [-0.2, -0.15) is 10.1 Å². The van der Waals surface area contributed by atoms with E-state index in [1.54, 1.807) is 0 Å². The van der Waals surface area contributed by atoms with Gasteiger partial charge in [0.05, 0.1) is 6.20 Å². The smallest absolute Gasteiger partial charge is 0.226 e. The molecule has 0 unspecified atom stereocenters. The fourth-order valence-corrected chi connectivity index (χ4v) is 4.00. The quantitative estimate of drug-likeness (QED) is 0.765. The predicted octanol–water partition coefficient (Wildman–Crippen LogP) is 2.06. The van der Waals surface area contributed by atoms with E-state index in [2.05, 4.69) is 45.3 Å². The molecule has 2 atom stereocenters. The van der Waals surface area contributed by atoms with Gasteiger partial charge < -0.3 is 9.42 Å². The van der Waals surface area contributed by atoms with Crippen LogP contribution in [0.15, 0.2) is 16.9 Å². The van der Waals surface area contributed by atoms with E-state index in [-0.39, 0.29) is 0 Å². The minimum Gasteiger partial charge on any atom is -0.339 e. The monoisotopic (exact) mass is 346 g/mol. The van der Waals surface area contributed by atoms with Crippen molar-refractivity contribution in [3.63, 3.8) is 0 Å². The van der Waals surface area contributed by atoms with Crippen LogP contribution in [0.4, 0.5) is 0 Å². The maximum Gasteiger partial charge on any atom is 0.226 e. The van der Waals surface area contributed by atoms with Crippen LogP contribution >= 0.6 is 0 Å². The zero-order chi connectivity index (χ0) is 17.8. The number of hydrogen-bond acceptors (Lipinski definition) is 6. The number of aromatic nitrogens is 4. The van der Waals surface area contributed by atoms with Crippen molar-refractivity contribution in [3.8, 4) is 0 Å². The van der Waals surface area contributed by atoms with E-state index >= 15 is 0 Å². The van der Waals surface area contributed by atoms with Crippen LogP contribution < -0.4 is 0 Å². The molecule has 1 aliphatic rings. The molecule has 1 saturated heterocycles. The Balaban J connectivity index is 1.53. The van der Waals surface area contributed by atoms with Gasteiger partial charge >= 0.3 is 0 Å². The molecule has 25 heavy (non-hydrogen) atoms. The summed E-state index contributed by atoms with van der Waals surface area (Å²) in [5.74, 6) is 2.10. The number of hydrogen-bond donors (Lipinski definition) is 0. The molecule has 0 spiro atoms. The van der Waals surface area contributed by atoms with Gasteiger partial charge in [0.1, 0.15) is 0 Å². The van der Waals surface area contributed by atoms with Crippen LogP contribution in [0.2, 0.25) is 0 Å². The Kier molecular flexibility index (Phi) is 5.86. The number of nitrogens with zero attached hydrogens (tertiary/aromatic N) is 6. The van der Waals surface area contributed by atoms with Crippen molar-refractivity contribution in [2.45, 2.75) is 38.6 Å². The third-order valence-corrected chi connectivity index (χ3v) is 5.12. The van der Waals surface area contributed by atoms with E-state index in [9.17, 15) is 0 Å². The summed E-state index contributed by atoms with van der Waals surface area (Å²) in [5, 5.41) is 8.23. The number of aryl methyl sites for hydroxylation is 3. The lowest BCUT2D eigenvalue weighted by Crippen LogP contribution is -2.41. The number of piperidine rings is 1. The van der Waals surface area contributed by atoms with Gasteiger partial charge in [0.2, 0.25) is 5.89 Å². The molecule has 7 nitrogen and oxygen atoms in total. The Morgan fingerprint density at radius 3 is 2.88 bits per heavy atom. The van der Waals surface area contributed by atoms with Crippen molar-refractivity contribution >= 4 is 0 Å². The molecule has 0 aromatic carbocycles. The van der Waals surface area contributed by atoms with Gasteiger partial charge in [-0.05, 0) is 59.3 Å². The summed E-state index contributed by atoms with van der Waals surface area (Å²) in [7, 11) is 6.45. The van der Waals surface area contributed by atoms with E-state index in [1.807, 2.05) is 24.9 Å². The summed E-state index contributed by atoms with van der Waals surface area (Å²) in [6.45, 7) is 5.17. The van der Waals surface area contributed by atoms with Crippen LogP contribution in [-0.4, -0.2) is 63.5 Å². The van der Waals surface area contributed by atoms with Gasteiger partial charge in [0, 0.05) is 37.8 Å². The summed E-state index contributed by atoms with van der Waals surface area (Å²) in [4.78, 5) is 9.20. The van der Waals surface area contributed by atoms with Gasteiger partial charge in [0.25, 0.3) is 0 Å². The minimum absolute atomic E-state index is 0.462. The maximum absolute atomic E-state index is 5.19. The molecule has 7 heteroatoms. The second kappa shape index (κ2) is 8.10. The minimum atomic E-state index is 0.462. The molecule has 0 amide bonds. The molecule has 2 aromatic rings. The first kappa shape index (κ1) is 18.1. The SMILES string of the molecule is Cc1noc(CCCN(C)C[C@@H]2CCCN(C)[C@H]2c2cnn(C)c2)n1. The molecule has 1 aliphatic heterocycles. The molecule has 3 rings (SSSR count). The lowest BCUT2D eigenvalue weighted by atomic mass is 9.85. The molecule has 0 N–H and O–H groups in total. The van der Waals surface area contributed by atoms with E-state index in [0.29, 0.717) is 17.8 Å². The van der Waals surface area contributed by atoms with E-state index in [0.717, 1.165) is 38.4 Å². The second-order valence-corrected chi connectivity index (χ2v) is 7.38. The third-order valence-electron chi connectivity index (χ3n) is 5.12. The zero-order valence-electron chi connectivity index (χ0n) is 15.9. The Bertz CT molecular complexity index is 666. The average molecular weight is 346 g/mol. The van der Waals surface area contributed by atoms with Crippen molar-refractivity contribution in [1.82, 2.24) is 29.7 Å². The van der Waals surface area contributed by atoms with Gasteiger partial charge in [-0.15, -0.1) is 0 Å². The highest BCUT2D eigenvalue weighted by molar-refractivity contribution is 5.13. The summed E-state index contributed by atoms with van der Waals surface area (Å²) in [6, 6.07) is 0.462. The summed E-state index contributed by atoms with van der Waals surface area (Å²) in [6.07, 6.45) is 8.62. The van der Waals surface area contributed by atoms with Crippen LogP contribution in [0.5, 0.6) is 0 Å². The third kappa shape index (κ3) is 4.67. The highest BCUT2D eigenvalue weighted by Gasteiger charge is 2.31. The van der Waals surface area contributed by atoms with Crippen LogP contribution in [0, 0.1) is 12.8 Å². The van der Waals surface area contributed by atoms with E-state index in [4.69, 9.17) is 4.52 Å². The van der Waals surface area contributed by atoms with Crippen molar-refractivity contribution in [3.05, 3.63) is 29.7 Å². The fraction of sp³-hybridized carbons (Fsp3) is 0.722. The molecule has 138 valence electrons. The highest BCUT2D eigenvalue weighted by Crippen LogP contribution is 2.35. The fourth-order valence-electron chi connectivity index (χ4n) is 4.00. The molecule has 3 heterocycles. The average Bonchev–Trinajstić information content (AvgIpc) is 3.16. The molecule has 0 radical (unpaired) electrons. The first-order valence-corrected chi connectivity index (χ1v) is 9.19. The van der Waals surface area contributed by atoms with Crippen molar-refractivity contribution in [2.24, 2.45) is 13.0 Å². The normalized spacial score (nSPS) is 22.0. The molecule has 0 bridgehead atoms. The standard InChI is InChI=1S/C18H30N6O/c1-14-20-17(25-21-14)8-6-9-22(2)12-15-7-5-10-23(3)18(15)16-11-19-24(4)13-16/h11,13,15,18H,5-10,12H2,1-4H3/t15-,18+/m0/s1. The van der Waals surface area contributed by atoms with Crippen LogP contribution in [0.25, 0.3) is 0 Å². The Labute approximate surface area is 150 Å². The first-order chi connectivity index (χ1) is 12.0. The summed E-state index contributed by atoms with van der Waals surface area (Å²) < 4.78 is 7.10. The van der Waals surface area contributed by atoms with Crippen molar-refractivity contribution in [1.29, 1.82) is 0 Å². The lowest BCUT2D eigenvalue weighted by molar-refractivity contribution is 0.0939. The Morgan fingerprint density at radius 2 is 2.20 bits per heavy atom. The van der Waals surface area contributed by atoms with Crippen molar-refractivity contribution < 1.29 is 4.52 Å². The summed E-state index contributed by atoms with van der Waals surface area (Å²) >= 11 is 0. The number of likely N-dealkylation sites (tertiary alicyclic amines) is 1. The van der Waals surface area contributed by atoms with Gasteiger partial charge in [0.15, 0.2) is 5.82 Å². The van der Waals surface area contributed by atoms with Crippen molar-refractivity contribution in [2.75, 3.05) is 33.7 Å². The van der Waals surface area contributed by atoms with Crippen LogP contribution in [-0.2, 0) is 13.5 Å². The number of rotatable bonds is 7. The molecule has 0 aliphatic carbocycles. The van der Waals surface area contributed by atoms with Crippen LogP contribution in [0.3, 0.4) is 0 Å². The Morgan fingerprint density at radius 1 is 1.36 bits per heavy atom. The largest absolute Gasteiger partial charge is 0.339 e. The maximum atomic E-state index is 5.19. The molecular weight excluding hydrogens is 316 g/mol. The zero-order valence-corrected chi connectivity index (χ0v) is 15.9. The predicted molar refractivity (Wildman–Crippen MR) is 96.2 cm³/mol. The molecule has 0 saturated carbocycles.